The molecule has 1 rings (SSSR count). The Morgan fingerprint density at radius 1 is 1.50 bits per heavy atom. The summed E-state index contributed by atoms with van der Waals surface area (Å²) in [5.74, 6) is -0.502. The van der Waals surface area contributed by atoms with Gasteiger partial charge in [0.15, 0.2) is 0 Å². The van der Waals surface area contributed by atoms with E-state index in [4.69, 9.17) is 11.0 Å². The van der Waals surface area contributed by atoms with E-state index >= 15 is 0 Å². The maximum atomic E-state index is 13.3. The molecule has 0 aromatic heterocycles. The first-order valence-corrected chi connectivity index (χ1v) is 4.60. The average Bonchev–Trinajstić information content (AvgIpc) is 2.25. The van der Waals surface area contributed by atoms with Gasteiger partial charge in [0.2, 0.25) is 0 Å². The van der Waals surface area contributed by atoms with E-state index in [0.717, 1.165) is 6.07 Å². The standard InChI is InChI=1S/C10H11FN4O/c11-8-5-7(6-12)1-2-9(8)14-3-4-15-10(13)16/h1-2,5,14H,3-4H2,(H3,13,15,16). The molecule has 0 saturated heterocycles. The number of primary amides is 1. The maximum absolute atomic E-state index is 13.3. The smallest absolute Gasteiger partial charge is 0.312 e. The fourth-order valence-electron chi connectivity index (χ4n) is 1.11. The Labute approximate surface area is 92.1 Å². The number of anilines is 1. The molecular weight excluding hydrogens is 211 g/mol. The highest BCUT2D eigenvalue weighted by atomic mass is 19.1. The lowest BCUT2D eigenvalue weighted by atomic mass is 10.2. The first kappa shape index (κ1) is 11.8. The third kappa shape index (κ3) is 3.46. The Hall–Kier alpha value is -2.29. The van der Waals surface area contributed by atoms with Crippen LogP contribution in [0.2, 0.25) is 0 Å². The summed E-state index contributed by atoms with van der Waals surface area (Å²) in [5, 5.41) is 13.7. The van der Waals surface area contributed by atoms with Crippen LogP contribution in [0.15, 0.2) is 18.2 Å². The molecular formula is C10H11FN4O. The summed E-state index contributed by atoms with van der Waals surface area (Å²) in [6, 6.07) is 5.33. The van der Waals surface area contributed by atoms with Gasteiger partial charge in [-0.15, -0.1) is 0 Å². The molecule has 16 heavy (non-hydrogen) atoms. The molecule has 0 fully saturated rings. The number of urea groups is 1. The van der Waals surface area contributed by atoms with E-state index in [0.29, 0.717) is 13.1 Å². The number of hydrogen-bond acceptors (Lipinski definition) is 3. The van der Waals surface area contributed by atoms with E-state index < -0.39 is 11.8 Å². The van der Waals surface area contributed by atoms with Crippen molar-refractivity contribution in [3.05, 3.63) is 29.6 Å². The van der Waals surface area contributed by atoms with Gasteiger partial charge in [0.05, 0.1) is 17.3 Å². The molecule has 0 aliphatic rings. The quantitative estimate of drug-likeness (QED) is 0.657. The van der Waals surface area contributed by atoms with Crippen molar-refractivity contribution in [3.63, 3.8) is 0 Å². The second-order valence-electron chi connectivity index (χ2n) is 3.02. The van der Waals surface area contributed by atoms with Gasteiger partial charge in [0.25, 0.3) is 0 Å². The molecule has 0 radical (unpaired) electrons. The van der Waals surface area contributed by atoms with Gasteiger partial charge in [-0.05, 0) is 18.2 Å². The molecule has 0 unspecified atom stereocenters. The summed E-state index contributed by atoms with van der Waals surface area (Å²) in [6.07, 6.45) is 0. The SMILES string of the molecule is N#Cc1ccc(NCCNC(N)=O)c(F)c1. The Morgan fingerprint density at radius 2 is 2.25 bits per heavy atom. The number of nitrogens with zero attached hydrogens (tertiary/aromatic N) is 1. The van der Waals surface area contributed by atoms with Gasteiger partial charge in [-0.25, -0.2) is 9.18 Å². The second kappa shape index (κ2) is 5.56. The Bertz CT molecular complexity index is 427. The molecule has 0 bridgehead atoms. The summed E-state index contributed by atoms with van der Waals surface area (Å²) in [7, 11) is 0. The van der Waals surface area contributed by atoms with E-state index in [1.54, 1.807) is 0 Å². The van der Waals surface area contributed by atoms with Crippen LogP contribution < -0.4 is 16.4 Å². The molecule has 0 saturated carbocycles. The van der Waals surface area contributed by atoms with Crippen molar-refractivity contribution in [3.8, 4) is 6.07 Å². The minimum Gasteiger partial charge on any atom is -0.381 e. The van der Waals surface area contributed by atoms with Crippen LogP contribution in [-0.2, 0) is 0 Å². The molecule has 1 aromatic carbocycles. The highest BCUT2D eigenvalue weighted by Gasteiger charge is 2.02. The van der Waals surface area contributed by atoms with Crippen molar-refractivity contribution in [2.45, 2.75) is 0 Å². The van der Waals surface area contributed by atoms with Gasteiger partial charge in [-0.3, -0.25) is 0 Å². The number of carbonyl (C=O) groups excluding carboxylic acids is 1. The summed E-state index contributed by atoms with van der Waals surface area (Å²) >= 11 is 0. The van der Waals surface area contributed by atoms with Crippen LogP contribution >= 0.6 is 0 Å². The minimum absolute atomic E-state index is 0.262. The number of nitrogens with one attached hydrogen (secondary N) is 2. The first-order chi connectivity index (χ1) is 7.63. The van der Waals surface area contributed by atoms with Gasteiger partial charge < -0.3 is 16.4 Å². The highest BCUT2D eigenvalue weighted by Crippen LogP contribution is 2.14. The predicted molar refractivity (Wildman–Crippen MR) is 57.2 cm³/mol. The van der Waals surface area contributed by atoms with E-state index in [1.165, 1.54) is 12.1 Å². The molecule has 84 valence electrons. The lowest BCUT2D eigenvalue weighted by Crippen LogP contribution is -2.33. The number of benzene rings is 1. The summed E-state index contributed by atoms with van der Waals surface area (Å²) < 4.78 is 13.3. The average molecular weight is 222 g/mol. The van der Waals surface area contributed by atoms with E-state index in [9.17, 15) is 9.18 Å². The van der Waals surface area contributed by atoms with Gasteiger partial charge in [0, 0.05) is 13.1 Å². The number of rotatable bonds is 4. The van der Waals surface area contributed by atoms with E-state index in [2.05, 4.69) is 10.6 Å². The van der Waals surface area contributed by atoms with Crippen molar-refractivity contribution >= 4 is 11.7 Å². The molecule has 0 heterocycles. The maximum Gasteiger partial charge on any atom is 0.312 e. The van der Waals surface area contributed by atoms with Crippen LogP contribution in [0.25, 0.3) is 0 Å². The Kier molecular flexibility index (Phi) is 4.09. The molecule has 0 aliphatic heterocycles. The number of hydrogen-bond donors (Lipinski definition) is 3. The molecule has 1 aromatic rings. The molecule has 6 heteroatoms. The number of nitrogens with two attached hydrogens (primary N) is 1. The summed E-state index contributed by atoms with van der Waals surface area (Å²) in [6.45, 7) is 0.653. The monoisotopic (exact) mass is 222 g/mol. The molecule has 5 nitrogen and oxygen atoms in total. The molecule has 0 atom stereocenters. The predicted octanol–water partition coefficient (Wildman–Crippen LogP) is 0.778. The topological polar surface area (TPSA) is 90.9 Å². The fourth-order valence-corrected chi connectivity index (χ4v) is 1.11. The van der Waals surface area contributed by atoms with Crippen molar-refractivity contribution in [2.75, 3.05) is 18.4 Å². The number of carbonyl (C=O) groups is 1. The largest absolute Gasteiger partial charge is 0.381 e. The third-order valence-electron chi connectivity index (χ3n) is 1.84. The molecule has 0 spiro atoms. The van der Waals surface area contributed by atoms with Crippen LogP contribution in [0.4, 0.5) is 14.9 Å². The van der Waals surface area contributed by atoms with Gasteiger partial charge in [-0.2, -0.15) is 5.26 Å². The van der Waals surface area contributed by atoms with Gasteiger partial charge in [-0.1, -0.05) is 0 Å². The molecule has 4 N–H and O–H groups in total. The summed E-state index contributed by atoms with van der Waals surface area (Å²) in [4.78, 5) is 10.3. The van der Waals surface area contributed by atoms with Gasteiger partial charge >= 0.3 is 6.03 Å². The lowest BCUT2D eigenvalue weighted by Gasteiger charge is -2.07. The van der Waals surface area contributed by atoms with Gasteiger partial charge in [0.1, 0.15) is 5.82 Å². The van der Waals surface area contributed by atoms with E-state index in [-0.39, 0.29) is 11.3 Å². The Balaban J connectivity index is 2.49. The van der Waals surface area contributed by atoms with Crippen LogP contribution in [0.1, 0.15) is 5.56 Å². The first-order valence-electron chi connectivity index (χ1n) is 4.60. The normalized spacial score (nSPS) is 9.25. The molecule has 0 aliphatic carbocycles. The summed E-state index contributed by atoms with van der Waals surface area (Å²) in [5.41, 5.74) is 5.40. The van der Waals surface area contributed by atoms with E-state index in [1.807, 2.05) is 6.07 Å². The minimum atomic E-state index is -0.623. The van der Waals surface area contributed by atoms with Crippen molar-refractivity contribution in [1.82, 2.24) is 5.32 Å². The highest BCUT2D eigenvalue weighted by molar-refractivity contribution is 5.71. The molecule has 2 amide bonds. The van der Waals surface area contributed by atoms with Crippen LogP contribution in [0, 0.1) is 17.1 Å². The zero-order valence-corrected chi connectivity index (χ0v) is 8.46. The second-order valence-corrected chi connectivity index (χ2v) is 3.02. The van der Waals surface area contributed by atoms with Crippen LogP contribution in [0.3, 0.4) is 0 Å². The number of halogens is 1. The van der Waals surface area contributed by atoms with Crippen LogP contribution in [-0.4, -0.2) is 19.1 Å². The Morgan fingerprint density at radius 3 is 2.81 bits per heavy atom. The van der Waals surface area contributed by atoms with Crippen molar-refractivity contribution in [1.29, 1.82) is 5.26 Å². The van der Waals surface area contributed by atoms with Crippen LogP contribution in [0.5, 0.6) is 0 Å². The zero-order valence-electron chi connectivity index (χ0n) is 8.46. The number of amides is 2. The lowest BCUT2D eigenvalue weighted by molar-refractivity contribution is 0.249. The van der Waals surface area contributed by atoms with Crippen molar-refractivity contribution < 1.29 is 9.18 Å². The fraction of sp³-hybridized carbons (Fsp3) is 0.200. The number of nitriles is 1. The van der Waals surface area contributed by atoms with Crippen molar-refractivity contribution in [2.24, 2.45) is 5.73 Å². The third-order valence-corrected chi connectivity index (χ3v) is 1.84. The zero-order chi connectivity index (χ0) is 12.0.